The fourth-order valence-electron chi connectivity index (χ4n) is 2.21. The standard InChI is InChI=1S/C17H15FN2O/c18-16-8-6-14(7-9-16)17(21)12-20-11-15(10-19-20)13-4-2-1-3-5-13/h1-11,17,21H,12H2. The molecule has 21 heavy (non-hydrogen) atoms. The Hall–Kier alpha value is -2.46. The zero-order valence-electron chi connectivity index (χ0n) is 11.4. The van der Waals surface area contributed by atoms with E-state index in [2.05, 4.69) is 5.10 Å². The van der Waals surface area contributed by atoms with Crippen molar-refractivity contribution in [2.45, 2.75) is 12.6 Å². The second-order valence-electron chi connectivity index (χ2n) is 4.88. The van der Waals surface area contributed by atoms with Gasteiger partial charge in [0.15, 0.2) is 0 Å². The number of aliphatic hydroxyl groups is 1. The third kappa shape index (κ3) is 3.17. The first kappa shape index (κ1) is 13.5. The van der Waals surface area contributed by atoms with Crippen molar-refractivity contribution in [3.63, 3.8) is 0 Å². The molecule has 1 N–H and O–H groups in total. The van der Waals surface area contributed by atoms with Gasteiger partial charge in [0.2, 0.25) is 0 Å². The molecule has 2 aromatic carbocycles. The Bertz CT molecular complexity index is 707. The Morgan fingerprint density at radius 2 is 1.71 bits per heavy atom. The Balaban J connectivity index is 1.74. The van der Waals surface area contributed by atoms with Crippen LogP contribution in [0.3, 0.4) is 0 Å². The SMILES string of the molecule is OC(Cn1cc(-c2ccccc2)cn1)c1ccc(F)cc1. The van der Waals surface area contributed by atoms with Gasteiger partial charge in [-0.05, 0) is 23.3 Å². The highest BCUT2D eigenvalue weighted by Gasteiger charge is 2.10. The summed E-state index contributed by atoms with van der Waals surface area (Å²) in [7, 11) is 0. The fraction of sp³-hybridized carbons (Fsp3) is 0.118. The van der Waals surface area contributed by atoms with Crippen LogP contribution in [-0.4, -0.2) is 14.9 Å². The predicted octanol–water partition coefficient (Wildman–Crippen LogP) is 3.42. The molecule has 3 rings (SSSR count). The molecule has 0 aliphatic heterocycles. The molecule has 106 valence electrons. The molecule has 0 aliphatic carbocycles. The van der Waals surface area contributed by atoms with Gasteiger partial charge < -0.3 is 5.11 Å². The lowest BCUT2D eigenvalue weighted by molar-refractivity contribution is 0.151. The lowest BCUT2D eigenvalue weighted by Gasteiger charge is -2.10. The van der Waals surface area contributed by atoms with Gasteiger partial charge in [-0.15, -0.1) is 0 Å². The van der Waals surface area contributed by atoms with E-state index in [-0.39, 0.29) is 5.82 Å². The molecule has 0 fully saturated rings. The van der Waals surface area contributed by atoms with E-state index in [4.69, 9.17) is 0 Å². The van der Waals surface area contributed by atoms with Crippen LogP contribution in [0.4, 0.5) is 4.39 Å². The summed E-state index contributed by atoms with van der Waals surface area (Å²) in [6.45, 7) is 0.332. The average Bonchev–Trinajstić information content (AvgIpc) is 2.97. The third-order valence-corrected chi connectivity index (χ3v) is 3.36. The van der Waals surface area contributed by atoms with Crippen molar-refractivity contribution >= 4 is 0 Å². The van der Waals surface area contributed by atoms with E-state index in [1.54, 1.807) is 23.0 Å². The summed E-state index contributed by atoms with van der Waals surface area (Å²) in [5.74, 6) is -0.309. The van der Waals surface area contributed by atoms with Crippen molar-refractivity contribution in [3.05, 3.63) is 78.4 Å². The number of aliphatic hydroxyl groups excluding tert-OH is 1. The first-order valence-corrected chi connectivity index (χ1v) is 6.74. The smallest absolute Gasteiger partial charge is 0.123 e. The Labute approximate surface area is 122 Å². The second-order valence-corrected chi connectivity index (χ2v) is 4.88. The van der Waals surface area contributed by atoms with Crippen LogP contribution in [-0.2, 0) is 6.54 Å². The van der Waals surface area contributed by atoms with E-state index >= 15 is 0 Å². The second kappa shape index (κ2) is 5.89. The maximum atomic E-state index is 12.9. The van der Waals surface area contributed by atoms with E-state index in [9.17, 15) is 9.50 Å². The van der Waals surface area contributed by atoms with Crippen molar-refractivity contribution in [2.75, 3.05) is 0 Å². The van der Waals surface area contributed by atoms with Crippen LogP contribution in [0.2, 0.25) is 0 Å². The highest BCUT2D eigenvalue weighted by Crippen LogP contribution is 2.20. The largest absolute Gasteiger partial charge is 0.386 e. The molecule has 0 saturated carbocycles. The maximum absolute atomic E-state index is 12.9. The van der Waals surface area contributed by atoms with Gasteiger partial charge in [-0.25, -0.2) is 4.39 Å². The molecule has 1 heterocycles. The van der Waals surface area contributed by atoms with Crippen molar-refractivity contribution in [2.24, 2.45) is 0 Å². The van der Waals surface area contributed by atoms with Crippen molar-refractivity contribution in [1.29, 1.82) is 0 Å². The number of benzene rings is 2. The molecule has 0 radical (unpaired) electrons. The summed E-state index contributed by atoms with van der Waals surface area (Å²) in [5.41, 5.74) is 2.76. The molecule has 4 heteroatoms. The topological polar surface area (TPSA) is 38.0 Å². The lowest BCUT2D eigenvalue weighted by atomic mass is 10.1. The lowest BCUT2D eigenvalue weighted by Crippen LogP contribution is -2.09. The number of hydrogen-bond acceptors (Lipinski definition) is 2. The highest BCUT2D eigenvalue weighted by molar-refractivity contribution is 5.61. The molecule has 0 aliphatic rings. The van der Waals surface area contributed by atoms with Crippen LogP contribution in [0.15, 0.2) is 67.0 Å². The third-order valence-electron chi connectivity index (χ3n) is 3.36. The van der Waals surface area contributed by atoms with Crippen LogP contribution < -0.4 is 0 Å². The summed E-state index contributed by atoms with van der Waals surface area (Å²) < 4.78 is 14.6. The van der Waals surface area contributed by atoms with E-state index in [0.29, 0.717) is 12.1 Å². The minimum absolute atomic E-state index is 0.309. The van der Waals surface area contributed by atoms with Crippen molar-refractivity contribution in [1.82, 2.24) is 9.78 Å². The highest BCUT2D eigenvalue weighted by atomic mass is 19.1. The predicted molar refractivity (Wildman–Crippen MR) is 79.0 cm³/mol. The minimum Gasteiger partial charge on any atom is -0.386 e. The number of aromatic nitrogens is 2. The van der Waals surface area contributed by atoms with Crippen LogP contribution >= 0.6 is 0 Å². The molecule has 1 unspecified atom stereocenters. The number of rotatable bonds is 4. The summed E-state index contributed by atoms with van der Waals surface area (Å²) in [6.07, 6.45) is 2.95. The van der Waals surface area contributed by atoms with E-state index in [1.807, 2.05) is 36.5 Å². The van der Waals surface area contributed by atoms with E-state index in [1.165, 1.54) is 12.1 Å². The van der Waals surface area contributed by atoms with Gasteiger partial charge >= 0.3 is 0 Å². The molecule has 0 spiro atoms. The van der Waals surface area contributed by atoms with Crippen molar-refractivity contribution in [3.8, 4) is 11.1 Å². The number of nitrogens with zero attached hydrogens (tertiary/aromatic N) is 2. The summed E-state index contributed by atoms with van der Waals surface area (Å²) in [4.78, 5) is 0. The Morgan fingerprint density at radius 1 is 1.00 bits per heavy atom. The van der Waals surface area contributed by atoms with Gasteiger partial charge in [0.05, 0.1) is 18.8 Å². The van der Waals surface area contributed by atoms with Gasteiger partial charge in [-0.1, -0.05) is 42.5 Å². The van der Waals surface area contributed by atoms with Gasteiger partial charge in [0.1, 0.15) is 5.82 Å². The van der Waals surface area contributed by atoms with Crippen LogP contribution in [0.5, 0.6) is 0 Å². The normalized spacial score (nSPS) is 12.3. The number of halogens is 1. The van der Waals surface area contributed by atoms with Crippen LogP contribution in [0.1, 0.15) is 11.7 Å². The number of hydrogen-bond donors (Lipinski definition) is 1. The zero-order chi connectivity index (χ0) is 14.7. The van der Waals surface area contributed by atoms with Crippen LogP contribution in [0, 0.1) is 5.82 Å². The molecule has 3 aromatic rings. The van der Waals surface area contributed by atoms with E-state index in [0.717, 1.165) is 11.1 Å². The fourth-order valence-corrected chi connectivity index (χ4v) is 2.21. The van der Waals surface area contributed by atoms with Crippen LogP contribution in [0.25, 0.3) is 11.1 Å². The zero-order valence-corrected chi connectivity index (χ0v) is 11.4. The van der Waals surface area contributed by atoms with Gasteiger partial charge in [0.25, 0.3) is 0 Å². The van der Waals surface area contributed by atoms with Gasteiger partial charge in [-0.2, -0.15) is 5.10 Å². The van der Waals surface area contributed by atoms with E-state index < -0.39 is 6.10 Å². The molecular weight excluding hydrogens is 267 g/mol. The molecule has 3 nitrogen and oxygen atoms in total. The molecule has 0 saturated heterocycles. The quantitative estimate of drug-likeness (QED) is 0.796. The first-order chi connectivity index (χ1) is 10.2. The maximum Gasteiger partial charge on any atom is 0.123 e. The minimum atomic E-state index is -0.714. The molecular formula is C17H15FN2O. The molecule has 0 amide bonds. The molecule has 1 aromatic heterocycles. The Kier molecular flexibility index (Phi) is 3.79. The van der Waals surface area contributed by atoms with Gasteiger partial charge in [0, 0.05) is 11.8 Å². The van der Waals surface area contributed by atoms with Crippen molar-refractivity contribution < 1.29 is 9.50 Å². The monoisotopic (exact) mass is 282 g/mol. The average molecular weight is 282 g/mol. The molecule has 1 atom stereocenters. The Morgan fingerprint density at radius 3 is 2.43 bits per heavy atom. The molecule has 0 bridgehead atoms. The summed E-state index contributed by atoms with van der Waals surface area (Å²) in [6, 6.07) is 15.8. The summed E-state index contributed by atoms with van der Waals surface area (Å²) in [5, 5.41) is 14.4. The first-order valence-electron chi connectivity index (χ1n) is 6.74. The summed E-state index contributed by atoms with van der Waals surface area (Å²) >= 11 is 0. The van der Waals surface area contributed by atoms with Gasteiger partial charge in [-0.3, -0.25) is 4.68 Å².